The van der Waals surface area contributed by atoms with Crippen LogP contribution in [0.1, 0.15) is 27.8 Å². The molecule has 0 aliphatic carbocycles. The van der Waals surface area contributed by atoms with Gasteiger partial charge in [-0.15, -0.1) is 6.58 Å². The third-order valence-electron chi connectivity index (χ3n) is 10.5. The minimum absolute atomic E-state index is 0.0800. The highest BCUT2D eigenvalue weighted by molar-refractivity contribution is 5.17. The number of aliphatic hydroxyl groups excluding tert-OH is 2. The van der Waals surface area contributed by atoms with E-state index in [0.717, 1.165) is 27.8 Å². The zero-order valence-corrected chi connectivity index (χ0v) is 34.2. The molecule has 2 aliphatic heterocycles. The fourth-order valence-electron chi connectivity index (χ4n) is 7.41. The van der Waals surface area contributed by atoms with E-state index in [4.69, 9.17) is 42.6 Å². The molecule has 10 atom stereocenters. The van der Waals surface area contributed by atoms with Crippen LogP contribution in [0.4, 0.5) is 0 Å². The highest BCUT2D eigenvalue weighted by Gasteiger charge is 2.53. The largest absolute Gasteiger partial charge is 0.385 e. The van der Waals surface area contributed by atoms with Gasteiger partial charge in [-0.2, -0.15) is 0 Å². The average Bonchev–Trinajstić information content (AvgIpc) is 3.31. The van der Waals surface area contributed by atoms with Gasteiger partial charge >= 0.3 is 0 Å². The van der Waals surface area contributed by atoms with Crippen LogP contribution in [0, 0.1) is 0 Å². The van der Waals surface area contributed by atoms with Crippen LogP contribution in [0.25, 0.3) is 0 Å². The molecule has 5 aromatic carbocycles. The summed E-state index contributed by atoms with van der Waals surface area (Å²) in [4.78, 5) is 0. The first-order chi connectivity index (χ1) is 30.1. The summed E-state index contributed by atoms with van der Waals surface area (Å²) in [6.45, 7) is 5.33. The van der Waals surface area contributed by atoms with Crippen molar-refractivity contribution in [2.24, 2.45) is 0 Å². The first kappa shape index (κ1) is 44.5. The minimum Gasteiger partial charge on any atom is -0.385 e. The number of rotatable bonds is 22. The summed E-state index contributed by atoms with van der Waals surface area (Å²) in [5.41, 5.74) is 4.70. The van der Waals surface area contributed by atoms with E-state index < -0.39 is 61.4 Å². The number of ether oxygens (including phenoxy) is 9. The molecule has 0 aromatic heterocycles. The maximum atomic E-state index is 12.2. The molecule has 11 nitrogen and oxygen atoms in total. The Morgan fingerprint density at radius 3 is 1.21 bits per heavy atom. The molecule has 0 amide bonds. The van der Waals surface area contributed by atoms with Gasteiger partial charge in [0.15, 0.2) is 12.6 Å². The lowest BCUT2D eigenvalue weighted by Gasteiger charge is -2.48. The Morgan fingerprint density at radius 2 is 0.787 bits per heavy atom. The van der Waals surface area contributed by atoms with Crippen LogP contribution in [0.2, 0.25) is 0 Å². The monoisotopic (exact) mass is 832 g/mol. The molecule has 61 heavy (non-hydrogen) atoms. The predicted octanol–water partition coefficient (Wildman–Crippen LogP) is 6.94. The fraction of sp³-hybridized carbons (Fsp3) is 0.360. The molecule has 2 N–H and O–H groups in total. The molecule has 7 rings (SSSR count). The molecule has 2 heterocycles. The highest BCUT2D eigenvalue weighted by atomic mass is 16.7. The van der Waals surface area contributed by atoms with E-state index in [1.807, 2.05) is 152 Å². The molecular formula is C50H56O11. The standard InChI is InChI=1S/C50H56O11/c1-2-28-55-47-43(51)50(60-41(34-53-29-36-18-8-3-9-19-36)45(47)56-31-38-22-12-5-13-23-38)61-48-44(52)49(58-33-40-26-16-7-17-27-40)59-42(35-54-30-37-20-10-4-11-21-37)46(48)57-32-39-24-14-6-15-25-39/h2-27,41-52H,1,28-35H2/t41?,42?,43?,44?,45-,46-,47-,48-,49-,50+/m1/s1. The van der Waals surface area contributed by atoms with E-state index in [1.165, 1.54) is 0 Å². The van der Waals surface area contributed by atoms with E-state index >= 15 is 0 Å². The number of benzene rings is 5. The molecule has 0 saturated carbocycles. The fourth-order valence-corrected chi connectivity index (χ4v) is 7.41. The van der Waals surface area contributed by atoms with Crippen LogP contribution < -0.4 is 0 Å². The first-order valence-electron chi connectivity index (χ1n) is 20.8. The van der Waals surface area contributed by atoms with Gasteiger partial charge in [-0.1, -0.05) is 158 Å². The third-order valence-corrected chi connectivity index (χ3v) is 10.5. The van der Waals surface area contributed by atoms with Gasteiger partial charge in [0, 0.05) is 0 Å². The average molecular weight is 833 g/mol. The Morgan fingerprint density at radius 1 is 0.426 bits per heavy atom. The second-order valence-electron chi connectivity index (χ2n) is 15.1. The molecule has 0 bridgehead atoms. The second-order valence-corrected chi connectivity index (χ2v) is 15.1. The minimum atomic E-state index is -1.39. The zero-order chi connectivity index (χ0) is 42.1. The Kier molecular flexibility index (Phi) is 17.2. The molecular weight excluding hydrogens is 777 g/mol. The Hall–Kier alpha value is -4.60. The van der Waals surface area contributed by atoms with Crippen molar-refractivity contribution in [3.63, 3.8) is 0 Å². The lowest BCUT2D eigenvalue weighted by atomic mass is 9.96. The van der Waals surface area contributed by atoms with Crippen LogP contribution >= 0.6 is 0 Å². The summed E-state index contributed by atoms with van der Waals surface area (Å²) < 4.78 is 58.1. The van der Waals surface area contributed by atoms with Gasteiger partial charge in [0.25, 0.3) is 0 Å². The van der Waals surface area contributed by atoms with E-state index in [0.29, 0.717) is 13.2 Å². The van der Waals surface area contributed by atoms with Crippen molar-refractivity contribution in [1.29, 1.82) is 0 Å². The van der Waals surface area contributed by atoms with Crippen molar-refractivity contribution in [3.05, 3.63) is 192 Å². The SMILES string of the molecule is C=CCO[C@@H]1C(O)[C@H](O[C@@H]2C(O)[C@H](OCc3ccccc3)OC(COCc3ccccc3)[C@H]2OCc2ccccc2)OC(COCc2ccccc2)[C@H]1OCc1ccccc1. The lowest BCUT2D eigenvalue weighted by Crippen LogP contribution is -2.66. The van der Waals surface area contributed by atoms with Crippen LogP contribution in [-0.4, -0.2) is 91.4 Å². The maximum absolute atomic E-state index is 12.2. The Bertz CT molecular complexity index is 1960. The van der Waals surface area contributed by atoms with Crippen molar-refractivity contribution in [1.82, 2.24) is 0 Å². The van der Waals surface area contributed by atoms with Crippen LogP contribution in [0.3, 0.4) is 0 Å². The van der Waals surface area contributed by atoms with Gasteiger partial charge in [-0.05, 0) is 27.8 Å². The van der Waals surface area contributed by atoms with Gasteiger partial charge in [0.05, 0.1) is 52.9 Å². The van der Waals surface area contributed by atoms with Crippen molar-refractivity contribution in [2.75, 3.05) is 19.8 Å². The molecule has 5 aromatic rings. The maximum Gasteiger partial charge on any atom is 0.187 e. The van der Waals surface area contributed by atoms with Crippen LogP contribution in [0.5, 0.6) is 0 Å². The van der Waals surface area contributed by atoms with Crippen molar-refractivity contribution in [3.8, 4) is 0 Å². The van der Waals surface area contributed by atoms with Crippen molar-refractivity contribution < 1.29 is 52.8 Å². The molecule has 4 unspecified atom stereocenters. The molecule has 11 heteroatoms. The van der Waals surface area contributed by atoms with Crippen LogP contribution in [0.15, 0.2) is 164 Å². The summed E-state index contributed by atoms with van der Waals surface area (Å²) in [6, 6.07) is 48.7. The van der Waals surface area contributed by atoms with E-state index in [1.54, 1.807) is 6.08 Å². The number of hydrogen-bond donors (Lipinski definition) is 2. The van der Waals surface area contributed by atoms with Crippen molar-refractivity contribution in [2.45, 2.75) is 94.4 Å². The van der Waals surface area contributed by atoms with Crippen molar-refractivity contribution >= 4 is 0 Å². The summed E-state index contributed by atoms with van der Waals surface area (Å²) in [7, 11) is 0. The normalized spacial score (nSPS) is 26.5. The first-order valence-corrected chi connectivity index (χ1v) is 20.8. The summed E-state index contributed by atoms with van der Waals surface area (Å²) in [5.74, 6) is 0. The number of hydrogen-bond acceptors (Lipinski definition) is 11. The quantitative estimate of drug-likeness (QED) is 0.0706. The van der Waals surface area contributed by atoms with Crippen LogP contribution in [-0.2, 0) is 75.7 Å². The predicted molar refractivity (Wildman–Crippen MR) is 228 cm³/mol. The Labute approximate surface area is 358 Å². The molecule has 2 saturated heterocycles. The lowest BCUT2D eigenvalue weighted by molar-refractivity contribution is -0.370. The molecule has 2 aliphatic rings. The van der Waals surface area contributed by atoms with Gasteiger partial charge in [0.1, 0.15) is 48.8 Å². The Balaban J connectivity index is 1.17. The van der Waals surface area contributed by atoms with E-state index in [2.05, 4.69) is 6.58 Å². The van der Waals surface area contributed by atoms with Gasteiger partial charge in [0.2, 0.25) is 0 Å². The highest BCUT2D eigenvalue weighted by Crippen LogP contribution is 2.34. The molecule has 0 radical (unpaired) electrons. The second kappa shape index (κ2) is 23.6. The van der Waals surface area contributed by atoms with E-state index in [9.17, 15) is 10.2 Å². The van der Waals surface area contributed by atoms with Gasteiger partial charge < -0.3 is 52.8 Å². The van der Waals surface area contributed by atoms with E-state index in [-0.39, 0.29) is 39.6 Å². The molecule has 322 valence electrons. The summed E-state index contributed by atoms with van der Waals surface area (Å²) in [5, 5.41) is 24.4. The molecule has 2 fully saturated rings. The third kappa shape index (κ3) is 13.0. The number of aliphatic hydroxyl groups is 2. The summed E-state index contributed by atoms with van der Waals surface area (Å²) >= 11 is 0. The summed E-state index contributed by atoms with van der Waals surface area (Å²) in [6.07, 6.45) is -8.98. The van der Waals surface area contributed by atoms with Gasteiger partial charge in [-0.3, -0.25) is 0 Å². The molecule has 0 spiro atoms. The topological polar surface area (TPSA) is 124 Å². The van der Waals surface area contributed by atoms with Gasteiger partial charge in [-0.25, -0.2) is 0 Å². The zero-order valence-electron chi connectivity index (χ0n) is 34.2. The smallest absolute Gasteiger partial charge is 0.187 e.